The van der Waals surface area contributed by atoms with Gasteiger partial charge in [0.1, 0.15) is 17.2 Å². The molecule has 3 aromatic heterocycles. The second kappa shape index (κ2) is 9.82. The number of anilines is 1. The van der Waals surface area contributed by atoms with Crippen molar-refractivity contribution in [2.45, 2.75) is 52.0 Å². The quantitative estimate of drug-likeness (QED) is 0.340. The minimum Gasteiger partial charge on any atom is -0.479 e. The van der Waals surface area contributed by atoms with Crippen LogP contribution in [0, 0.1) is 12.8 Å². The zero-order chi connectivity index (χ0) is 25.5. The molecule has 0 bridgehead atoms. The van der Waals surface area contributed by atoms with Gasteiger partial charge in [0.2, 0.25) is 5.88 Å². The molecule has 0 saturated carbocycles. The molecule has 0 aliphatic carbocycles. The molecule has 37 heavy (non-hydrogen) atoms. The SMILES string of the molecule is COc1nc(-c2nc3n(n2)CCC[C@@H]3c2cc(N3CCC(C)CC3)ccc2Cl)ccc1-n1cnc(C)c1. The van der Waals surface area contributed by atoms with Crippen molar-refractivity contribution >= 4 is 17.3 Å². The number of imidazole rings is 1. The number of benzene rings is 1. The maximum absolute atomic E-state index is 6.79. The Balaban J connectivity index is 1.33. The topological polar surface area (TPSA) is 73.9 Å². The third-order valence-corrected chi connectivity index (χ3v) is 7.98. The zero-order valence-corrected chi connectivity index (χ0v) is 22.3. The van der Waals surface area contributed by atoms with Crippen LogP contribution < -0.4 is 9.64 Å². The Labute approximate surface area is 222 Å². The molecule has 0 radical (unpaired) electrons. The van der Waals surface area contributed by atoms with Crippen molar-refractivity contribution in [3.8, 4) is 23.1 Å². The van der Waals surface area contributed by atoms with Crippen LogP contribution in [0.15, 0.2) is 42.9 Å². The molecular formula is C28H32ClN7O. The van der Waals surface area contributed by atoms with E-state index in [-0.39, 0.29) is 5.92 Å². The van der Waals surface area contributed by atoms with Crippen LogP contribution in [0.25, 0.3) is 17.2 Å². The second-order valence-electron chi connectivity index (χ2n) is 10.2. The molecule has 0 N–H and O–H groups in total. The number of halogens is 1. The highest BCUT2D eigenvalue weighted by Crippen LogP contribution is 2.39. The van der Waals surface area contributed by atoms with Gasteiger partial charge < -0.3 is 14.2 Å². The van der Waals surface area contributed by atoms with Crippen molar-refractivity contribution in [1.82, 2.24) is 29.3 Å². The van der Waals surface area contributed by atoms with Crippen LogP contribution in [0.5, 0.6) is 5.88 Å². The van der Waals surface area contributed by atoms with E-state index in [0.717, 1.165) is 66.2 Å². The molecular weight excluding hydrogens is 486 g/mol. The lowest BCUT2D eigenvalue weighted by atomic mass is 9.90. The number of pyridine rings is 1. The highest BCUT2D eigenvalue weighted by molar-refractivity contribution is 6.31. The summed E-state index contributed by atoms with van der Waals surface area (Å²) in [5, 5.41) is 5.63. The van der Waals surface area contributed by atoms with Crippen LogP contribution in [-0.2, 0) is 6.54 Å². The van der Waals surface area contributed by atoms with Gasteiger partial charge in [-0.05, 0) is 74.4 Å². The zero-order valence-electron chi connectivity index (χ0n) is 21.6. The molecule has 1 atom stereocenters. The summed E-state index contributed by atoms with van der Waals surface area (Å²) in [6.45, 7) is 7.32. The average Bonchev–Trinajstić information content (AvgIpc) is 3.55. The number of ether oxygens (including phenoxy) is 1. The summed E-state index contributed by atoms with van der Waals surface area (Å²) in [5.74, 6) is 2.95. The molecule has 192 valence electrons. The number of hydrogen-bond acceptors (Lipinski definition) is 6. The first-order valence-electron chi connectivity index (χ1n) is 13.1. The van der Waals surface area contributed by atoms with E-state index in [1.165, 1.54) is 18.5 Å². The fraction of sp³-hybridized carbons (Fsp3) is 0.429. The minimum absolute atomic E-state index is 0.0984. The molecule has 1 saturated heterocycles. The number of methoxy groups -OCH3 is 1. The van der Waals surface area contributed by atoms with Gasteiger partial charge in [-0.2, -0.15) is 0 Å². The van der Waals surface area contributed by atoms with E-state index in [2.05, 4.69) is 28.9 Å². The summed E-state index contributed by atoms with van der Waals surface area (Å²) in [6, 6.07) is 10.4. The fourth-order valence-corrected chi connectivity index (χ4v) is 5.72. The van der Waals surface area contributed by atoms with E-state index < -0.39 is 0 Å². The Morgan fingerprint density at radius 2 is 1.86 bits per heavy atom. The van der Waals surface area contributed by atoms with Crippen molar-refractivity contribution < 1.29 is 4.74 Å². The summed E-state index contributed by atoms with van der Waals surface area (Å²) in [4.78, 5) is 16.5. The predicted molar refractivity (Wildman–Crippen MR) is 145 cm³/mol. The number of fused-ring (bicyclic) bond motifs is 1. The molecule has 0 amide bonds. The van der Waals surface area contributed by atoms with Gasteiger partial charge in [-0.15, -0.1) is 5.10 Å². The molecule has 6 rings (SSSR count). The van der Waals surface area contributed by atoms with Gasteiger partial charge in [0, 0.05) is 42.5 Å². The molecule has 2 aliphatic rings. The minimum atomic E-state index is 0.0984. The fourth-order valence-electron chi connectivity index (χ4n) is 5.47. The Morgan fingerprint density at radius 3 is 2.62 bits per heavy atom. The van der Waals surface area contributed by atoms with Gasteiger partial charge in [0.15, 0.2) is 5.82 Å². The van der Waals surface area contributed by atoms with Crippen molar-refractivity contribution in [3.63, 3.8) is 0 Å². The normalized spacial score (nSPS) is 18.2. The number of aromatic nitrogens is 6. The number of rotatable bonds is 5. The Hall–Kier alpha value is -3.39. The van der Waals surface area contributed by atoms with E-state index in [4.69, 9.17) is 31.4 Å². The van der Waals surface area contributed by atoms with Gasteiger partial charge in [-0.1, -0.05) is 18.5 Å². The van der Waals surface area contributed by atoms with Crippen molar-refractivity contribution in [1.29, 1.82) is 0 Å². The van der Waals surface area contributed by atoms with Crippen LogP contribution >= 0.6 is 11.6 Å². The van der Waals surface area contributed by atoms with Crippen LogP contribution in [0.4, 0.5) is 5.69 Å². The van der Waals surface area contributed by atoms with Crippen LogP contribution in [0.3, 0.4) is 0 Å². The third-order valence-electron chi connectivity index (χ3n) is 7.63. The van der Waals surface area contributed by atoms with E-state index in [1.54, 1.807) is 13.4 Å². The van der Waals surface area contributed by atoms with Crippen molar-refractivity contribution in [2.75, 3.05) is 25.1 Å². The van der Waals surface area contributed by atoms with Gasteiger partial charge in [0.05, 0.1) is 19.1 Å². The predicted octanol–water partition coefficient (Wildman–Crippen LogP) is 5.66. The number of nitrogens with zero attached hydrogens (tertiary/aromatic N) is 7. The number of piperidine rings is 1. The van der Waals surface area contributed by atoms with Gasteiger partial charge in [-0.25, -0.2) is 19.6 Å². The van der Waals surface area contributed by atoms with E-state index in [1.807, 2.05) is 40.6 Å². The summed E-state index contributed by atoms with van der Waals surface area (Å²) in [5.41, 5.74) is 4.82. The first-order valence-corrected chi connectivity index (χ1v) is 13.4. The third kappa shape index (κ3) is 4.59. The molecule has 1 fully saturated rings. The molecule has 1 aromatic carbocycles. The first-order chi connectivity index (χ1) is 18.0. The van der Waals surface area contributed by atoms with E-state index in [0.29, 0.717) is 17.4 Å². The standard InChI is InChI=1S/C28H32ClN7O/c1-18-10-13-34(14-11-18)20-6-7-23(29)22(15-20)21-5-4-12-36-27(21)32-26(33-36)24-8-9-25(28(31-24)37-3)35-16-19(2)30-17-35/h6-9,15-18,21H,4-5,10-14H2,1-3H3/t21-/m1/s1. The number of hydrogen-bond donors (Lipinski definition) is 0. The van der Waals surface area contributed by atoms with Crippen molar-refractivity contribution in [3.05, 3.63) is 65.0 Å². The Kier molecular flexibility index (Phi) is 6.36. The Bertz CT molecular complexity index is 1420. The largest absolute Gasteiger partial charge is 0.479 e. The van der Waals surface area contributed by atoms with Gasteiger partial charge in [0.25, 0.3) is 0 Å². The molecule has 0 spiro atoms. The molecule has 8 nitrogen and oxygen atoms in total. The smallest absolute Gasteiger partial charge is 0.238 e. The molecule has 4 aromatic rings. The van der Waals surface area contributed by atoms with E-state index in [9.17, 15) is 0 Å². The highest BCUT2D eigenvalue weighted by Gasteiger charge is 2.29. The summed E-state index contributed by atoms with van der Waals surface area (Å²) >= 11 is 6.79. The summed E-state index contributed by atoms with van der Waals surface area (Å²) < 4.78 is 9.54. The lowest BCUT2D eigenvalue weighted by molar-refractivity contribution is 0.396. The average molecular weight is 518 g/mol. The molecule has 0 unspecified atom stereocenters. The maximum atomic E-state index is 6.79. The molecule has 5 heterocycles. The van der Waals surface area contributed by atoms with Crippen LogP contribution in [0.2, 0.25) is 5.02 Å². The monoisotopic (exact) mass is 517 g/mol. The number of aryl methyl sites for hydroxylation is 2. The highest BCUT2D eigenvalue weighted by atomic mass is 35.5. The van der Waals surface area contributed by atoms with Gasteiger partial charge in [-0.3, -0.25) is 0 Å². The van der Waals surface area contributed by atoms with Crippen LogP contribution in [-0.4, -0.2) is 49.5 Å². The van der Waals surface area contributed by atoms with E-state index >= 15 is 0 Å². The Morgan fingerprint density at radius 1 is 1.03 bits per heavy atom. The summed E-state index contributed by atoms with van der Waals surface area (Å²) in [6.07, 6.45) is 8.18. The molecule has 2 aliphatic heterocycles. The second-order valence-corrected chi connectivity index (χ2v) is 10.6. The molecule has 9 heteroatoms. The lowest BCUT2D eigenvalue weighted by Crippen LogP contribution is -2.32. The van der Waals surface area contributed by atoms with Gasteiger partial charge >= 0.3 is 0 Å². The summed E-state index contributed by atoms with van der Waals surface area (Å²) in [7, 11) is 1.62. The first kappa shape index (κ1) is 24.0. The van der Waals surface area contributed by atoms with Crippen LogP contribution in [0.1, 0.15) is 55.6 Å². The maximum Gasteiger partial charge on any atom is 0.238 e. The lowest BCUT2D eigenvalue weighted by Gasteiger charge is -2.33. The van der Waals surface area contributed by atoms with Crippen molar-refractivity contribution in [2.24, 2.45) is 5.92 Å².